The number of para-hydroxylation sites is 1. The van der Waals surface area contributed by atoms with Gasteiger partial charge in [-0.15, -0.1) is 0 Å². The summed E-state index contributed by atoms with van der Waals surface area (Å²) in [6.45, 7) is 4.61. The van der Waals surface area contributed by atoms with E-state index < -0.39 is 11.7 Å². The van der Waals surface area contributed by atoms with Crippen LogP contribution in [0.25, 0.3) is 10.9 Å². The van der Waals surface area contributed by atoms with Crippen LogP contribution in [-0.2, 0) is 9.59 Å². The summed E-state index contributed by atoms with van der Waals surface area (Å²) in [6.07, 6.45) is 0.356. The SMILES string of the molecule is Cc1ccc(N2CC(CNC(=O)C(=O)c3c(C)[nH]c4ccccc34)CC2=O)cc1. The number of rotatable bonds is 5. The Morgan fingerprint density at radius 3 is 2.59 bits per heavy atom. The molecule has 1 unspecified atom stereocenters. The predicted molar refractivity (Wildman–Crippen MR) is 112 cm³/mol. The lowest BCUT2D eigenvalue weighted by atomic mass is 10.1. The molecule has 0 aliphatic carbocycles. The number of anilines is 1. The zero-order valence-corrected chi connectivity index (χ0v) is 16.5. The van der Waals surface area contributed by atoms with Crippen LogP contribution in [0.2, 0.25) is 0 Å². The number of Topliss-reactive ketones (excluding diaryl/α,β-unsaturated/α-hetero) is 1. The Kier molecular flexibility index (Phi) is 4.92. The highest BCUT2D eigenvalue weighted by Gasteiger charge is 2.31. The van der Waals surface area contributed by atoms with E-state index in [4.69, 9.17) is 0 Å². The maximum atomic E-state index is 12.7. The van der Waals surface area contributed by atoms with E-state index in [1.807, 2.05) is 55.5 Å². The van der Waals surface area contributed by atoms with E-state index in [1.54, 1.807) is 11.8 Å². The van der Waals surface area contributed by atoms with E-state index >= 15 is 0 Å². The predicted octanol–water partition coefficient (Wildman–Crippen LogP) is 3.14. The first-order chi connectivity index (χ1) is 13.9. The topological polar surface area (TPSA) is 82.3 Å². The lowest BCUT2D eigenvalue weighted by Crippen LogP contribution is -2.36. The first-order valence-corrected chi connectivity index (χ1v) is 9.71. The molecule has 6 heteroatoms. The summed E-state index contributed by atoms with van der Waals surface area (Å²) >= 11 is 0. The van der Waals surface area contributed by atoms with Gasteiger partial charge in [0.25, 0.3) is 11.7 Å². The number of aromatic amines is 1. The van der Waals surface area contributed by atoms with Gasteiger partial charge in [0.2, 0.25) is 5.91 Å². The zero-order chi connectivity index (χ0) is 20.5. The molecule has 1 saturated heterocycles. The van der Waals surface area contributed by atoms with Crippen molar-refractivity contribution >= 4 is 34.2 Å². The molecule has 3 aromatic rings. The molecule has 1 fully saturated rings. The Bertz CT molecular complexity index is 1100. The number of carbonyl (C=O) groups excluding carboxylic acids is 3. The van der Waals surface area contributed by atoms with Crippen LogP contribution in [0.3, 0.4) is 0 Å². The van der Waals surface area contributed by atoms with E-state index in [0.29, 0.717) is 30.8 Å². The lowest BCUT2D eigenvalue weighted by Gasteiger charge is -2.17. The minimum Gasteiger partial charge on any atom is -0.358 e. The van der Waals surface area contributed by atoms with Crippen LogP contribution in [-0.4, -0.2) is 35.7 Å². The van der Waals surface area contributed by atoms with Gasteiger partial charge in [-0.2, -0.15) is 0 Å². The second kappa shape index (κ2) is 7.54. The Hall–Kier alpha value is -3.41. The van der Waals surface area contributed by atoms with Crippen LogP contribution in [0.5, 0.6) is 0 Å². The first kappa shape index (κ1) is 18.9. The smallest absolute Gasteiger partial charge is 0.292 e. The fourth-order valence-corrected chi connectivity index (χ4v) is 3.89. The third-order valence-electron chi connectivity index (χ3n) is 5.43. The van der Waals surface area contributed by atoms with Crippen molar-refractivity contribution in [2.75, 3.05) is 18.0 Å². The molecule has 2 heterocycles. The third kappa shape index (κ3) is 3.66. The van der Waals surface area contributed by atoms with Gasteiger partial charge >= 0.3 is 0 Å². The van der Waals surface area contributed by atoms with Gasteiger partial charge in [-0.1, -0.05) is 35.9 Å². The molecule has 1 aliphatic heterocycles. The summed E-state index contributed by atoms with van der Waals surface area (Å²) in [5.74, 6) is -1.18. The number of ketones is 1. The minimum atomic E-state index is -0.640. The van der Waals surface area contributed by atoms with Crippen molar-refractivity contribution in [1.82, 2.24) is 10.3 Å². The van der Waals surface area contributed by atoms with Crippen LogP contribution < -0.4 is 10.2 Å². The number of benzene rings is 2. The molecule has 2 amide bonds. The summed E-state index contributed by atoms with van der Waals surface area (Å²) in [6, 6.07) is 15.2. The number of nitrogens with zero attached hydrogens (tertiary/aromatic N) is 1. The van der Waals surface area contributed by atoms with E-state index in [0.717, 1.165) is 22.2 Å². The number of nitrogens with one attached hydrogen (secondary N) is 2. The van der Waals surface area contributed by atoms with Crippen LogP contribution in [0.4, 0.5) is 5.69 Å². The van der Waals surface area contributed by atoms with Crippen molar-refractivity contribution in [3.05, 3.63) is 65.4 Å². The summed E-state index contributed by atoms with van der Waals surface area (Å²) in [5.41, 5.74) is 3.90. The van der Waals surface area contributed by atoms with Gasteiger partial charge in [0.15, 0.2) is 0 Å². The van der Waals surface area contributed by atoms with E-state index in [9.17, 15) is 14.4 Å². The first-order valence-electron chi connectivity index (χ1n) is 9.71. The number of amides is 2. The highest BCUT2D eigenvalue weighted by Crippen LogP contribution is 2.25. The van der Waals surface area contributed by atoms with Crippen molar-refractivity contribution in [1.29, 1.82) is 0 Å². The lowest BCUT2D eigenvalue weighted by molar-refractivity contribution is -0.118. The molecule has 4 rings (SSSR count). The number of aromatic nitrogens is 1. The Morgan fingerprint density at radius 1 is 1.10 bits per heavy atom. The van der Waals surface area contributed by atoms with Crippen molar-refractivity contribution in [2.45, 2.75) is 20.3 Å². The molecule has 0 radical (unpaired) electrons. The molecule has 0 bridgehead atoms. The third-order valence-corrected chi connectivity index (χ3v) is 5.43. The molecular formula is C23H23N3O3. The molecule has 1 atom stereocenters. The van der Waals surface area contributed by atoms with E-state index in [-0.39, 0.29) is 11.8 Å². The number of hydrogen-bond acceptors (Lipinski definition) is 3. The Balaban J connectivity index is 1.41. The molecule has 2 N–H and O–H groups in total. The van der Waals surface area contributed by atoms with Crippen molar-refractivity contribution in [3.8, 4) is 0 Å². The molecule has 29 heavy (non-hydrogen) atoms. The molecule has 1 aromatic heterocycles. The van der Waals surface area contributed by atoms with Gasteiger partial charge in [-0.05, 0) is 32.0 Å². The minimum absolute atomic E-state index is 0.0235. The average molecular weight is 389 g/mol. The maximum Gasteiger partial charge on any atom is 0.292 e. The van der Waals surface area contributed by atoms with Crippen molar-refractivity contribution in [3.63, 3.8) is 0 Å². The summed E-state index contributed by atoms with van der Waals surface area (Å²) in [4.78, 5) is 42.5. The summed E-state index contributed by atoms with van der Waals surface area (Å²) in [7, 11) is 0. The van der Waals surface area contributed by atoms with Gasteiger partial charge in [0, 0.05) is 47.7 Å². The van der Waals surface area contributed by atoms with Gasteiger partial charge < -0.3 is 15.2 Å². The van der Waals surface area contributed by atoms with Crippen LogP contribution in [0, 0.1) is 19.8 Å². The highest BCUT2D eigenvalue weighted by atomic mass is 16.2. The Labute approximate surface area is 168 Å². The second-order valence-corrected chi connectivity index (χ2v) is 7.62. The Morgan fingerprint density at radius 2 is 1.83 bits per heavy atom. The average Bonchev–Trinajstić information content (AvgIpc) is 3.25. The number of aryl methyl sites for hydroxylation is 2. The normalized spacial score (nSPS) is 16.4. The van der Waals surface area contributed by atoms with Crippen LogP contribution in [0.15, 0.2) is 48.5 Å². The van der Waals surface area contributed by atoms with Gasteiger partial charge in [0.1, 0.15) is 0 Å². The number of carbonyl (C=O) groups is 3. The summed E-state index contributed by atoms with van der Waals surface area (Å²) < 4.78 is 0. The molecular weight excluding hydrogens is 366 g/mol. The molecule has 148 valence electrons. The standard InChI is InChI=1S/C23H23N3O3/c1-14-7-9-17(10-8-14)26-13-16(11-20(26)27)12-24-23(29)22(28)21-15(2)25-19-6-4-3-5-18(19)21/h3-10,16,25H,11-13H2,1-2H3,(H,24,29). The van der Waals surface area contributed by atoms with E-state index in [1.165, 1.54) is 0 Å². The van der Waals surface area contributed by atoms with Crippen molar-refractivity contribution < 1.29 is 14.4 Å². The van der Waals surface area contributed by atoms with Crippen LogP contribution >= 0.6 is 0 Å². The largest absolute Gasteiger partial charge is 0.358 e. The fourth-order valence-electron chi connectivity index (χ4n) is 3.89. The zero-order valence-electron chi connectivity index (χ0n) is 16.5. The quantitative estimate of drug-likeness (QED) is 0.520. The monoisotopic (exact) mass is 389 g/mol. The molecule has 0 spiro atoms. The number of fused-ring (bicyclic) bond motifs is 1. The molecule has 0 saturated carbocycles. The van der Waals surface area contributed by atoms with Gasteiger partial charge in [0.05, 0.1) is 5.56 Å². The van der Waals surface area contributed by atoms with Gasteiger partial charge in [-0.25, -0.2) is 0 Å². The molecule has 1 aliphatic rings. The highest BCUT2D eigenvalue weighted by molar-refractivity contribution is 6.45. The number of H-pyrrole nitrogens is 1. The fraction of sp³-hybridized carbons (Fsp3) is 0.261. The summed E-state index contributed by atoms with van der Waals surface area (Å²) in [5, 5.41) is 3.47. The van der Waals surface area contributed by atoms with Crippen LogP contribution in [0.1, 0.15) is 28.0 Å². The van der Waals surface area contributed by atoms with Gasteiger partial charge in [-0.3, -0.25) is 14.4 Å². The number of hydrogen-bond donors (Lipinski definition) is 2. The maximum absolute atomic E-state index is 12.7. The van der Waals surface area contributed by atoms with E-state index in [2.05, 4.69) is 10.3 Å². The second-order valence-electron chi connectivity index (χ2n) is 7.62. The van der Waals surface area contributed by atoms with Crippen molar-refractivity contribution in [2.24, 2.45) is 5.92 Å². The molecule has 6 nitrogen and oxygen atoms in total. The molecule has 2 aromatic carbocycles.